The molecule has 0 unspecified atom stereocenters. The molecule has 0 fully saturated rings. The van der Waals surface area contributed by atoms with E-state index in [0.717, 1.165) is 4.47 Å². The van der Waals surface area contributed by atoms with Crippen LogP contribution in [0.25, 0.3) is 16.6 Å². The number of nitrogens with zero attached hydrogens (tertiary/aromatic N) is 2. The minimum atomic E-state index is -0.244. The van der Waals surface area contributed by atoms with Crippen molar-refractivity contribution in [3.05, 3.63) is 98.7 Å². The van der Waals surface area contributed by atoms with Crippen LogP contribution in [0.15, 0.2) is 87.2 Å². The van der Waals surface area contributed by atoms with Crippen LogP contribution in [0.1, 0.15) is 20.7 Å². The number of carbonyl (C=O) groups excluding carboxylic acids is 2. The zero-order valence-electron chi connectivity index (χ0n) is 18.9. The standard InChI is InChI=1S/C26H22BrN3O4S/c1-34-15-14-28-24(32)18-8-12-20(13-9-18)30-25(33)21-4-2-3-5-22(21)29-26(30)35-16-23(31)17-6-10-19(27)11-7-17/h2-13H,14-16H2,1H3,(H,28,32). The van der Waals surface area contributed by atoms with Gasteiger partial charge in [0.05, 0.1) is 29.0 Å². The van der Waals surface area contributed by atoms with Gasteiger partial charge in [-0.25, -0.2) is 4.98 Å². The fourth-order valence-electron chi connectivity index (χ4n) is 3.42. The van der Waals surface area contributed by atoms with Crippen molar-refractivity contribution >= 4 is 50.3 Å². The summed E-state index contributed by atoms with van der Waals surface area (Å²) < 4.78 is 7.32. The summed E-state index contributed by atoms with van der Waals surface area (Å²) >= 11 is 4.57. The van der Waals surface area contributed by atoms with Crippen molar-refractivity contribution in [3.63, 3.8) is 0 Å². The van der Waals surface area contributed by atoms with Gasteiger partial charge in [0.1, 0.15) is 0 Å². The lowest BCUT2D eigenvalue weighted by atomic mass is 10.2. The number of hydrogen-bond donors (Lipinski definition) is 1. The summed E-state index contributed by atoms with van der Waals surface area (Å²) in [5.41, 5.74) is 1.92. The first-order chi connectivity index (χ1) is 17.0. The minimum absolute atomic E-state index is 0.0699. The lowest BCUT2D eigenvalue weighted by Gasteiger charge is -2.14. The molecule has 1 N–H and O–H groups in total. The Hall–Kier alpha value is -3.27. The number of rotatable bonds is 9. The third-order valence-corrected chi connectivity index (χ3v) is 6.69. The number of methoxy groups -OCH3 is 1. The fourth-order valence-corrected chi connectivity index (χ4v) is 4.59. The van der Waals surface area contributed by atoms with Crippen LogP contribution in [0.5, 0.6) is 0 Å². The van der Waals surface area contributed by atoms with Crippen LogP contribution >= 0.6 is 27.7 Å². The Labute approximate surface area is 214 Å². The number of Topliss-reactive ketones (excluding diaryl/α,β-unsaturated/α-hetero) is 1. The van der Waals surface area contributed by atoms with E-state index in [0.29, 0.717) is 46.0 Å². The Balaban J connectivity index is 1.66. The Morgan fingerprint density at radius 1 is 1.00 bits per heavy atom. The molecule has 0 spiro atoms. The summed E-state index contributed by atoms with van der Waals surface area (Å²) in [6, 6.07) is 20.9. The van der Waals surface area contributed by atoms with Gasteiger partial charge in [-0.05, 0) is 48.5 Å². The molecule has 0 saturated carbocycles. The molecule has 0 atom stereocenters. The second kappa shape index (κ2) is 11.4. The van der Waals surface area contributed by atoms with Crippen molar-refractivity contribution in [2.45, 2.75) is 5.16 Å². The van der Waals surface area contributed by atoms with Crippen LogP contribution < -0.4 is 10.9 Å². The second-order valence-electron chi connectivity index (χ2n) is 7.57. The van der Waals surface area contributed by atoms with E-state index in [2.05, 4.69) is 26.2 Å². The number of fused-ring (bicyclic) bond motifs is 1. The van der Waals surface area contributed by atoms with Crippen molar-refractivity contribution in [2.75, 3.05) is 26.0 Å². The molecule has 0 aliphatic rings. The van der Waals surface area contributed by atoms with Gasteiger partial charge in [0, 0.05) is 29.3 Å². The molecular formula is C26H22BrN3O4S. The smallest absolute Gasteiger partial charge is 0.266 e. The van der Waals surface area contributed by atoms with E-state index in [4.69, 9.17) is 4.74 Å². The van der Waals surface area contributed by atoms with E-state index in [1.807, 2.05) is 18.2 Å². The molecule has 1 amide bonds. The Morgan fingerprint density at radius 2 is 1.69 bits per heavy atom. The van der Waals surface area contributed by atoms with Crippen LogP contribution in [-0.4, -0.2) is 47.3 Å². The highest BCUT2D eigenvalue weighted by atomic mass is 79.9. The van der Waals surface area contributed by atoms with E-state index < -0.39 is 0 Å². The van der Waals surface area contributed by atoms with Crippen LogP contribution in [-0.2, 0) is 4.74 Å². The molecule has 0 radical (unpaired) electrons. The second-order valence-corrected chi connectivity index (χ2v) is 9.42. The number of para-hydroxylation sites is 1. The van der Waals surface area contributed by atoms with Gasteiger partial charge in [0.15, 0.2) is 10.9 Å². The number of halogens is 1. The third-order valence-electron chi connectivity index (χ3n) is 5.22. The Bertz CT molecular complexity index is 1420. The highest BCUT2D eigenvalue weighted by Gasteiger charge is 2.16. The molecule has 0 aliphatic heterocycles. The maximum absolute atomic E-state index is 13.4. The summed E-state index contributed by atoms with van der Waals surface area (Å²) in [5.74, 6) is -0.182. The number of amides is 1. The van der Waals surface area contributed by atoms with Crippen molar-refractivity contribution < 1.29 is 14.3 Å². The first kappa shape index (κ1) is 24.8. The minimum Gasteiger partial charge on any atom is -0.383 e. The van der Waals surface area contributed by atoms with Gasteiger partial charge >= 0.3 is 0 Å². The predicted molar refractivity (Wildman–Crippen MR) is 141 cm³/mol. The molecular weight excluding hydrogens is 530 g/mol. The number of carbonyl (C=O) groups is 2. The number of hydrogen-bond acceptors (Lipinski definition) is 6. The van der Waals surface area contributed by atoms with Gasteiger partial charge in [-0.1, -0.05) is 52.0 Å². The summed E-state index contributed by atoms with van der Waals surface area (Å²) in [4.78, 5) is 43.2. The van der Waals surface area contributed by atoms with Crippen molar-refractivity contribution in [1.29, 1.82) is 0 Å². The summed E-state index contributed by atoms with van der Waals surface area (Å²) in [6.07, 6.45) is 0. The molecule has 0 aliphatic carbocycles. The quantitative estimate of drug-likeness (QED) is 0.142. The number of aromatic nitrogens is 2. The highest BCUT2D eigenvalue weighted by Crippen LogP contribution is 2.23. The lowest BCUT2D eigenvalue weighted by molar-refractivity contribution is 0.0936. The first-order valence-corrected chi connectivity index (χ1v) is 12.6. The zero-order valence-corrected chi connectivity index (χ0v) is 21.3. The average Bonchev–Trinajstić information content (AvgIpc) is 2.88. The molecule has 0 bridgehead atoms. The van der Waals surface area contributed by atoms with Crippen LogP contribution in [0.2, 0.25) is 0 Å². The summed E-state index contributed by atoms with van der Waals surface area (Å²) in [5, 5.41) is 3.64. The molecule has 9 heteroatoms. The van der Waals surface area contributed by atoms with E-state index in [9.17, 15) is 14.4 Å². The van der Waals surface area contributed by atoms with Gasteiger partial charge in [0.25, 0.3) is 11.5 Å². The molecule has 1 aromatic heterocycles. The van der Waals surface area contributed by atoms with E-state index >= 15 is 0 Å². The molecule has 178 valence electrons. The number of thioether (sulfide) groups is 1. The van der Waals surface area contributed by atoms with E-state index in [1.54, 1.807) is 61.7 Å². The maximum atomic E-state index is 13.4. The van der Waals surface area contributed by atoms with E-state index in [1.165, 1.54) is 16.3 Å². The number of nitrogens with one attached hydrogen (secondary N) is 1. The molecule has 0 saturated heterocycles. The number of ether oxygens (including phenoxy) is 1. The van der Waals surface area contributed by atoms with Gasteiger partial charge in [-0.15, -0.1) is 0 Å². The molecule has 7 nitrogen and oxygen atoms in total. The van der Waals surface area contributed by atoms with Crippen LogP contribution in [0.3, 0.4) is 0 Å². The Morgan fingerprint density at radius 3 is 2.40 bits per heavy atom. The van der Waals surface area contributed by atoms with Gasteiger partial charge in [-0.3, -0.25) is 19.0 Å². The van der Waals surface area contributed by atoms with Crippen LogP contribution in [0.4, 0.5) is 0 Å². The molecule has 3 aromatic carbocycles. The highest BCUT2D eigenvalue weighted by molar-refractivity contribution is 9.10. The third kappa shape index (κ3) is 5.87. The molecule has 35 heavy (non-hydrogen) atoms. The Kier molecular flexibility index (Phi) is 8.12. The topological polar surface area (TPSA) is 90.3 Å². The van der Waals surface area contributed by atoms with Crippen molar-refractivity contribution in [1.82, 2.24) is 14.9 Å². The largest absolute Gasteiger partial charge is 0.383 e. The number of benzene rings is 3. The summed E-state index contributed by atoms with van der Waals surface area (Å²) in [6.45, 7) is 0.819. The molecule has 4 aromatic rings. The molecule has 4 rings (SSSR count). The van der Waals surface area contributed by atoms with Crippen molar-refractivity contribution in [3.8, 4) is 5.69 Å². The van der Waals surface area contributed by atoms with Gasteiger partial charge in [-0.2, -0.15) is 0 Å². The monoisotopic (exact) mass is 551 g/mol. The molecule has 1 heterocycles. The SMILES string of the molecule is COCCNC(=O)c1ccc(-n2c(SCC(=O)c3ccc(Br)cc3)nc3ccccc3c2=O)cc1. The number of ketones is 1. The average molecular weight is 552 g/mol. The normalized spacial score (nSPS) is 10.9. The zero-order chi connectivity index (χ0) is 24.8. The fraction of sp³-hybridized carbons (Fsp3) is 0.154. The van der Waals surface area contributed by atoms with E-state index in [-0.39, 0.29) is 23.0 Å². The lowest BCUT2D eigenvalue weighted by Crippen LogP contribution is -2.27. The first-order valence-electron chi connectivity index (χ1n) is 10.8. The van der Waals surface area contributed by atoms with Crippen molar-refractivity contribution in [2.24, 2.45) is 0 Å². The van der Waals surface area contributed by atoms with Crippen LogP contribution in [0, 0.1) is 0 Å². The van der Waals surface area contributed by atoms with Gasteiger partial charge < -0.3 is 10.1 Å². The summed E-state index contributed by atoms with van der Waals surface area (Å²) in [7, 11) is 1.57. The maximum Gasteiger partial charge on any atom is 0.266 e. The van der Waals surface area contributed by atoms with Gasteiger partial charge in [0.2, 0.25) is 0 Å². The predicted octanol–water partition coefficient (Wildman–Crippen LogP) is 4.50.